The molecule has 0 unspecified atom stereocenters. The van der Waals surface area contributed by atoms with Gasteiger partial charge in [-0.25, -0.2) is 0 Å². The Morgan fingerprint density at radius 1 is 1.88 bits per heavy atom. The van der Waals surface area contributed by atoms with Crippen molar-refractivity contribution < 1.29 is 9.53 Å². The van der Waals surface area contributed by atoms with Gasteiger partial charge in [0.2, 0.25) is 0 Å². The van der Waals surface area contributed by atoms with Crippen LogP contribution in [0.1, 0.15) is 6.42 Å². The molecule has 0 aliphatic rings. The Bertz CT molecular complexity index is 76.4. The van der Waals surface area contributed by atoms with E-state index in [0.29, 0.717) is 13.0 Å². The number of carbonyl (C=O) groups is 1. The molecule has 3 nitrogen and oxygen atoms in total. The summed E-state index contributed by atoms with van der Waals surface area (Å²) < 4.78 is 4.37. The van der Waals surface area contributed by atoms with E-state index in [4.69, 9.17) is 0 Å². The third-order valence-corrected chi connectivity index (χ3v) is 0.807. The predicted octanol–water partition coefficient (Wildman–Crippen LogP) is -1.31. The lowest BCUT2D eigenvalue weighted by Gasteiger charge is -1.95. The zero-order valence-corrected chi connectivity index (χ0v) is 5.23. The first-order valence-corrected chi connectivity index (χ1v) is 2.52. The van der Waals surface area contributed by atoms with E-state index in [9.17, 15) is 4.79 Å². The normalized spacial score (nSPS) is 8.62. The van der Waals surface area contributed by atoms with Crippen LogP contribution in [0.4, 0.5) is 0 Å². The standard InChI is InChI=1S/C4H10BNO2/c1-8-4(7)2-3-6-5/h6H,2-3,5H2,1H3. The van der Waals surface area contributed by atoms with E-state index in [-0.39, 0.29) is 5.97 Å². The van der Waals surface area contributed by atoms with E-state index in [1.54, 1.807) is 7.98 Å². The van der Waals surface area contributed by atoms with E-state index in [0.717, 1.165) is 0 Å². The fraction of sp³-hybridized carbons (Fsp3) is 0.750. The monoisotopic (exact) mass is 115 g/mol. The fourth-order valence-electron chi connectivity index (χ4n) is 0.329. The van der Waals surface area contributed by atoms with Gasteiger partial charge in [0.15, 0.2) is 7.98 Å². The molecule has 0 rings (SSSR count). The first-order valence-electron chi connectivity index (χ1n) is 2.52. The van der Waals surface area contributed by atoms with Crippen LogP contribution in [-0.2, 0) is 9.53 Å². The maximum Gasteiger partial charge on any atom is 0.306 e. The number of esters is 1. The summed E-state index contributed by atoms with van der Waals surface area (Å²) in [6.45, 7) is 0.687. The first kappa shape index (κ1) is 7.49. The second-order valence-corrected chi connectivity index (χ2v) is 1.43. The van der Waals surface area contributed by atoms with Crippen LogP contribution in [0.25, 0.3) is 0 Å². The Morgan fingerprint density at radius 2 is 2.50 bits per heavy atom. The smallest absolute Gasteiger partial charge is 0.306 e. The van der Waals surface area contributed by atoms with Crippen molar-refractivity contribution in [3.63, 3.8) is 0 Å². The van der Waals surface area contributed by atoms with Crippen LogP contribution in [0, 0.1) is 0 Å². The average Bonchev–Trinajstić information content (AvgIpc) is 1.83. The maximum atomic E-state index is 10.3. The molecule has 1 N–H and O–H groups in total. The lowest BCUT2D eigenvalue weighted by atomic mass is 10.3. The lowest BCUT2D eigenvalue weighted by molar-refractivity contribution is -0.140. The molecule has 0 bridgehead atoms. The summed E-state index contributed by atoms with van der Waals surface area (Å²) in [5.41, 5.74) is 0. The molecule has 0 saturated carbocycles. The van der Waals surface area contributed by atoms with Crippen LogP contribution >= 0.6 is 0 Å². The highest BCUT2D eigenvalue weighted by molar-refractivity contribution is 6.04. The minimum atomic E-state index is -0.167. The van der Waals surface area contributed by atoms with E-state index in [2.05, 4.69) is 9.96 Å². The minimum absolute atomic E-state index is 0.167. The highest BCUT2D eigenvalue weighted by atomic mass is 16.5. The van der Waals surface area contributed by atoms with Crippen molar-refractivity contribution in [1.82, 2.24) is 5.23 Å². The number of nitrogens with one attached hydrogen (secondary N) is 1. The maximum absolute atomic E-state index is 10.3. The summed E-state index contributed by atoms with van der Waals surface area (Å²) in [7, 11) is 3.18. The lowest BCUT2D eigenvalue weighted by Crippen LogP contribution is -2.14. The average molecular weight is 115 g/mol. The Balaban J connectivity index is 2.99. The van der Waals surface area contributed by atoms with Crippen LogP contribution < -0.4 is 5.23 Å². The van der Waals surface area contributed by atoms with Crippen LogP contribution in [0.5, 0.6) is 0 Å². The molecule has 0 radical (unpaired) electrons. The number of hydrogen-bond acceptors (Lipinski definition) is 3. The fourth-order valence-corrected chi connectivity index (χ4v) is 0.329. The highest BCUT2D eigenvalue weighted by Gasteiger charge is 1.94. The quantitative estimate of drug-likeness (QED) is 0.366. The Kier molecular flexibility index (Phi) is 4.36. The van der Waals surface area contributed by atoms with Gasteiger partial charge in [-0.15, -0.1) is 0 Å². The van der Waals surface area contributed by atoms with Gasteiger partial charge >= 0.3 is 5.97 Å². The van der Waals surface area contributed by atoms with Gasteiger partial charge in [0.25, 0.3) is 0 Å². The van der Waals surface area contributed by atoms with Gasteiger partial charge in [0, 0.05) is 0 Å². The number of carbonyl (C=O) groups excluding carboxylic acids is 1. The number of hydrogen-bond donors (Lipinski definition) is 1. The van der Waals surface area contributed by atoms with Gasteiger partial charge in [-0.3, -0.25) is 4.79 Å². The minimum Gasteiger partial charge on any atom is -0.469 e. The summed E-state index contributed by atoms with van der Waals surface area (Å²) in [6.07, 6.45) is 0.451. The van der Waals surface area contributed by atoms with E-state index >= 15 is 0 Å². The summed E-state index contributed by atoms with van der Waals surface area (Å²) >= 11 is 0. The van der Waals surface area contributed by atoms with Crippen LogP contribution in [0.15, 0.2) is 0 Å². The van der Waals surface area contributed by atoms with Crippen molar-refractivity contribution >= 4 is 14.0 Å². The molecule has 0 aromatic carbocycles. The zero-order valence-electron chi connectivity index (χ0n) is 5.23. The molecule has 0 atom stereocenters. The molecule has 0 aromatic rings. The number of ether oxygens (including phenoxy) is 1. The van der Waals surface area contributed by atoms with Gasteiger partial charge in [0.05, 0.1) is 13.5 Å². The molecule has 0 aliphatic carbocycles. The van der Waals surface area contributed by atoms with Gasteiger partial charge in [-0.2, -0.15) is 0 Å². The molecular weight excluding hydrogens is 105 g/mol. The largest absolute Gasteiger partial charge is 0.469 e. The molecule has 0 aliphatic heterocycles. The SMILES string of the molecule is BNCCC(=O)OC. The Labute approximate surface area is 49.8 Å². The van der Waals surface area contributed by atoms with Crippen molar-refractivity contribution in [3.8, 4) is 0 Å². The molecule has 0 amide bonds. The van der Waals surface area contributed by atoms with Gasteiger partial charge in [0.1, 0.15) is 0 Å². The molecule has 0 aromatic heterocycles. The van der Waals surface area contributed by atoms with Gasteiger partial charge < -0.3 is 9.96 Å². The number of methoxy groups -OCH3 is 1. The molecular formula is C4H10BNO2. The molecule has 0 heterocycles. The molecule has 4 heteroatoms. The third-order valence-electron chi connectivity index (χ3n) is 0.807. The summed E-state index contributed by atoms with van der Waals surface area (Å²) in [5.74, 6) is -0.167. The van der Waals surface area contributed by atoms with Crippen molar-refractivity contribution in [2.24, 2.45) is 0 Å². The van der Waals surface area contributed by atoms with Crippen molar-refractivity contribution in [1.29, 1.82) is 0 Å². The Morgan fingerprint density at radius 3 is 2.88 bits per heavy atom. The summed E-state index contributed by atoms with van der Waals surface area (Å²) in [4.78, 5) is 10.3. The van der Waals surface area contributed by atoms with E-state index in [1.807, 2.05) is 0 Å². The second-order valence-electron chi connectivity index (χ2n) is 1.43. The van der Waals surface area contributed by atoms with Gasteiger partial charge in [-0.05, 0) is 6.54 Å². The Hall–Kier alpha value is -0.505. The third kappa shape index (κ3) is 3.68. The van der Waals surface area contributed by atoms with Crippen molar-refractivity contribution in [2.75, 3.05) is 13.7 Å². The van der Waals surface area contributed by atoms with Crippen molar-refractivity contribution in [3.05, 3.63) is 0 Å². The molecule has 8 heavy (non-hydrogen) atoms. The first-order chi connectivity index (χ1) is 3.81. The van der Waals surface area contributed by atoms with Crippen molar-refractivity contribution in [2.45, 2.75) is 6.42 Å². The summed E-state index contributed by atoms with van der Waals surface area (Å²) in [5, 5.41) is 2.83. The zero-order chi connectivity index (χ0) is 6.41. The van der Waals surface area contributed by atoms with Crippen LogP contribution in [-0.4, -0.2) is 27.6 Å². The predicted molar refractivity (Wildman–Crippen MR) is 33.2 cm³/mol. The van der Waals surface area contributed by atoms with E-state index in [1.165, 1.54) is 7.11 Å². The molecule has 46 valence electrons. The van der Waals surface area contributed by atoms with Crippen LogP contribution in [0.2, 0.25) is 0 Å². The highest BCUT2D eigenvalue weighted by Crippen LogP contribution is 1.78. The van der Waals surface area contributed by atoms with Crippen LogP contribution in [0.3, 0.4) is 0 Å². The molecule has 0 spiro atoms. The number of rotatable bonds is 3. The van der Waals surface area contributed by atoms with E-state index < -0.39 is 0 Å². The molecule has 0 saturated heterocycles. The second kappa shape index (κ2) is 4.65. The topological polar surface area (TPSA) is 38.3 Å². The van der Waals surface area contributed by atoms with Gasteiger partial charge in [-0.1, -0.05) is 0 Å². The molecule has 0 fully saturated rings. The summed E-state index contributed by atoms with van der Waals surface area (Å²) in [6, 6.07) is 0.